The molecule has 0 aliphatic rings. The molecule has 0 bridgehead atoms. The quantitative estimate of drug-likeness (QED) is 0.912. The lowest BCUT2D eigenvalue weighted by molar-refractivity contribution is 0.572. The van der Waals surface area contributed by atoms with E-state index >= 15 is 0 Å². The standard InChI is InChI=1S/C13H16ClN5/c1-2-3-6-19-9-10(7-17-19)13-11(4-5-15)16-8-12(14)18-13/h4-5,7-9H,2-3,6,15H2,1H3. The fourth-order valence-corrected chi connectivity index (χ4v) is 1.86. The third-order valence-corrected chi connectivity index (χ3v) is 2.86. The summed E-state index contributed by atoms with van der Waals surface area (Å²) in [6.45, 7) is 3.05. The highest BCUT2D eigenvalue weighted by Gasteiger charge is 2.09. The summed E-state index contributed by atoms with van der Waals surface area (Å²) in [4.78, 5) is 8.52. The second-order valence-corrected chi connectivity index (χ2v) is 4.52. The lowest BCUT2D eigenvalue weighted by Gasteiger charge is -2.02. The van der Waals surface area contributed by atoms with E-state index in [1.807, 2.05) is 10.9 Å². The first-order valence-electron chi connectivity index (χ1n) is 6.18. The molecule has 0 aliphatic carbocycles. The van der Waals surface area contributed by atoms with E-state index in [1.165, 1.54) is 12.4 Å². The third-order valence-electron chi connectivity index (χ3n) is 2.67. The van der Waals surface area contributed by atoms with Crippen LogP contribution in [0.25, 0.3) is 17.3 Å². The summed E-state index contributed by atoms with van der Waals surface area (Å²) in [6, 6.07) is 0. The van der Waals surface area contributed by atoms with Gasteiger partial charge in [0.2, 0.25) is 0 Å². The van der Waals surface area contributed by atoms with Crippen LogP contribution in [-0.2, 0) is 6.54 Å². The molecule has 0 aliphatic heterocycles. The predicted octanol–water partition coefficient (Wildman–Crippen LogP) is 2.72. The topological polar surface area (TPSA) is 69.6 Å². The Balaban J connectivity index is 2.34. The van der Waals surface area contributed by atoms with Gasteiger partial charge < -0.3 is 5.73 Å². The largest absolute Gasteiger partial charge is 0.405 e. The van der Waals surface area contributed by atoms with Gasteiger partial charge in [-0.2, -0.15) is 5.10 Å². The van der Waals surface area contributed by atoms with Crippen LogP contribution in [0.15, 0.2) is 24.8 Å². The first-order valence-corrected chi connectivity index (χ1v) is 6.56. The number of unbranched alkanes of at least 4 members (excludes halogenated alkanes) is 1. The first kappa shape index (κ1) is 13.5. The van der Waals surface area contributed by atoms with Crippen LogP contribution in [-0.4, -0.2) is 19.7 Å². The van der Waals surface area contributed by atoms with Crippen molar-refractivity contribution >= 4 is 17.7 Å². The molecular weight excluding hydrogens is 262 g/mol. The molecule has 2 aromatic rings. The van der Waals surface area contributed by atoms with Crippen molar-refractivity contribution in [1.82, 2.24) is 19.7 Å². The van der Waals surface area contributed by atoms with Gasteiger partial charge in [-0.15, -0.1) is 0 Å². The Labute approximate surface area is 117 Å². The van der Waals surface area contributed by atoms with Gasteiger partial charge in [-0.3, -0.25) is 9.67 Å². The summed E-state index contributed by atoms with van der Waals surface area (Å²) in [5.41, 5.74) is 7.68. The molecule has 0 unspecified atom stereocenters. The van der Waals surface area contributed by atoms with Gasteiger partial charge in [0.15, 0.2) is 0 Å². The molecular formula is C13H16ClN5. The van der Waals surface area contributed by atoms with Crippen LogP contribution in [0.2, 0.25) is 5.15 Å². The minimum absolute atomic E-state index is 0.352. The molecule has 0 atom stereocenters. The van der Waals surface area contributed by atoms with Crippen molar-refractivity contribution in [2.45, 2.75) is 26.3 Å². The SMILES string of the molecule is CCCCn1cc(-c2nc(Cl)cnc2C=CN)cn1. The van der Waals surface area contributed by atoms with Crippen LogP contribution in [0.4, 0.5) is 0 Å². The maximum Gasteiger partial charge on any atom is 0.148 e. The monoisotopic (exact) mass is 277 g/mol. The van der Waals surface area contributed by atoms with Crippen molar-refractivity contribution in [2.75, 3.05) is 0 Å². The third kappa shape index (κ3) is 3.32. The molecule has 0 spiro atoms. The highest BCUT2D eigenvalue weighted by atomic mass is 35.5. The van der Waals surface area contributed by atoms with Crippen molar-refractivity contribution in [2.24, 2.45) is 5.73 Å². The molecule has 2 N–H and O–H groups in total. The average Bonchev–Trinajstić information content (AvgIpc) is 2.87. The number of nitrogens with two attached hydrogens (primary N) is 1. The Bertz CT molecular complexity index is 576. The van der Waals surface area contributed by atoms with Crippen molar-refractivity contribution < 1.29 is 0 Å². The molecule has 5 nitrogen and oxygen atoms in total. The van der Waals surface area contributed by atoms with Gasteiger partial charge in [0, 0.05) is 18.3 Å². The van der Waals surface area contributed by atoms with Gasteiger partial charge in [-0.1, -0.05) is 24.9 Å². The molecule has 0 radical (unpaired) electrons. The molecule has 19 heavy (non-hydrogen) atoms. The van der Waals surface area contributed by atoms with Crippen LogP contribution in [0.5, 0.6) is 0 Å². The minimum atomic E-state index is 0.352. The van der Waals surface area contributed by atoms with Crippen molar-refractivity contribution in [3.8, 4) is 11.3 Å². The normalized spacial score (nSPS) is 11.3. The van der Waals surface area contributed by atoms with E-state index in [2.05, 4.69) is 22.0 Å². The average molecular weight is 278 g/mol. The molecule has 0 saturated carbocycles. The molecule has 0 aromatic carbocycles. The zero-order valence-electron chi connectivity index (χ0n) is 10.8. The summed E-state index contributed by atoms with van der Waals surface area (Å²) < 4.78 is 1.90. The smallest absolute Gasteiger partial charge is 0.148 e. The first-order chi connectivity index (χ1) is 9.24. The molecule has 6 heteroatoms. The summed E-state index contributed by atoms with van der Waals surface area (Å²) in [6.07, 6.45) is 10.6. The number of nitrogens with zero attached hydrogens (tertiary/aromatic N) is 4. The second kappa shape index (κ2) is 6.33. The van der Waals surface area contributed by atoms with Crippen LogP contribution in [0, 0.1) is 0 Å². The Morgan fingerprint density at radius 2 is 2.26 bits per heavy atom. The molecule has 0 fully saturated rings. The maximum atomic E-state index is 5.90. The number of hydrogen-bond acceptors (Lipinski definition) is 4. The van der Waals surface area contributed by atoms with Gasteiger partial charge in [-0.05, 0) is 18.7 Å². The summed E-state index contributed by atoms with van der Waals surface area (Å²) >= 11 is 5.90. The van der Waals surface area contributed by atoms with E-state index in [4.69, 9.17) is 17.3 Å². The van der Waals surface area contributed by atoms with E-state index in [0.717, 1.165) is 24.9 Å². The van der Waals surface area contributed by atoms with Crippen molar-refractivity contribution in [1.29, 1.82) is 0 Å². The van der Waals surface area contributed by atoms with Crippen LogP contribution in [0.3, 0.4) is 0 Å². The molecule has 2 rings (SSSR count). The Hall–Kier alpha value is -1.88. The van der Waals surface area contributed by atoms with E-state index in [9.17, 15) is 0 Å². The number of halogens is 1. The minimum Gasteiger partial charge on any atom is -0.405 e. The maximum absolute atomic E-state index is 5.90. The highest BCUT2D eigenvalue weighted by molar-refractivity contribution is 6.29. The molecule has 100 valence electrons. The number of aromatic nitrogens is 4. The highest BCUT2D eigenvalue weighted by Crippen LogP contribution is 2.22. The molecule has 0 amide bonds. The summed E-state index contributed by atoms with van der Waals surface area (Å²) in [5, 5.41) is 4.66. The van der Waals surface area contributed by atoms with E-state index in [0.29, 0.717) is 16.5 Å². The zero-order valence-corrected chi connectivity index (χ0v) is 11.5. The summed E-state index contributed by atoms with van der Waals surface area (Å²) in [7, 11) is 0. The number of aryl methyl sites for hydroxylation is 1. The Kier molecular flexibility index (Phi) is 4.52. The number of rotatable bonds is 5. The van der Waals surface area contributed by atoms with Gasteiger partial charge in [0.25, 0.3) is 0 Å². The van der Waals surface area contributed by atoms with Crippen LogP contribution in [0.1, 0.15) is 25.5 Å². The van der Waals surface area contributed by atoms with Crippen molar-refractivity contribution in [3.05, 3.63) is 35.6 Å². The Morgan fingerprint density at radius 3 is 3.00 bits per heavy atom. The van der Waals surface area contributed by atoms with E-state index < -0.39 is 0 Å². The molecule has 0 saturated heterocycles. The lowest BCUT2D eigenvalue weighted by Crippen LogP contribution is -1.97. The summed E-state index contributed by atoms with van der Waals surface area (Å²) in [5.74, 6) is 0. The van der Waals surface area contributed by atoms with E-state index in [1.54, 1.807) is 12.3 Å². The fourth-order valence-electron chi connectivity index (χ4n) is 1.73. The second-order valence-electron chi connectivity index (χ2n) is 4.13. The van der Waals surface area contributed by atoms with Crippen molar-refractivity contribution in [3.63, 3.8) is 0 Å². The van der Waals surface area contributed by atoms with Gasteiger partial charge in [-0.25, -0.2) is 4.98 Å². The molecule has 2 aromatic heterocycles. The zero-order chi connectivity index (χ0) is 13.7. The number of hydrogen-bond donors (Lipinski definition) is 1. The molecule has 2 heterocycles. The van der Waals surface area contributed by atoms with Crippen LogP contribution < -0.4 is 5.73 Å². The van der Waals surface area contributed by atoms with Gasteiger partial charge in [0.1, 0.15) is 10.8 Å². The van der Waals surface area contributed by atoms with Gasteiger partial charge in [0.05, 0.1) is 18.1 Å². The Morgan fingerprint density at radius 1 is 1.42 bits per heavy atom. The fraction of sp³-hybridized carbons (Fsp3) is 0.308. The van der Waals surface area contributed by atoms with E-state index in [-0.39, 0.29) is 0 Å². The predicted molar refractivity (Wildman–Crippen MR) is 76.4 cm³/mol. The van der Waals surface area contributed by atoms with Gasteiger partial charge >= 0.3 is 0 Å². The van der Waals surface area contributed by atoms with Crippen LogP contribution >= 0.6 is 11.6 Å². The lowest BCUT2D eigenvalue weighted by atomic mass is 10.2.